The van der Waals surface area contributed by atoms with Gasteiger partial charge in [-0.25, -0.2) is 0 Å². The van der Waals surface area contributed by atoms with Crippen molar-refractivity contribution in [3.05, 3.63) is 35.9 Å². The number of carbonyl (C=O) groups excluding carboxylic acids is 3. The normalized spacial score (nSPS) is 20.1. The Morgan fingerprint density at radius 3 is 2.71 bits per heavy atom. The lowest BCUT2D eigenvalue weighted by molar-refractivity contribution is -0.147. The fourth-order valence-electron chi connectivity index (χ4n) is 2.63. The van der Waals surface area contributed by atoms with Crippen molar-refractivity contribution < 1.29 is 23.9 Å². The van der Waals surface area contributed by atoms with Crippen LogP contribution in [0, 0.1) is 5.41 Å². The molecule has 7 heteroatoms. The SMILES string of the molecule is COC(=O)CNC(=O)C1(COCc2ccccc2)CCNC(=O)C1. The smallest absolute Gasteiger partial charge is 0.325 e. The molecule has 1 atom stereocenters. The molecule has 1 aromatic rings. The maximum Gasteiger partial charge on any atom is 0.325 e. The van der Waals surface area contributed by atoms with E-state index in [2.05, 4.69) is 15.4 Å². The van der Waals surface area contributed by atoms with Crippen LogP contribution in [0.4, 0.5) is 0 Å². The Morgan fingerprint density at radius 2 is 2.04 bits per heavy atom. The lowest BCUT2D eigenvalue weighted by Crippen LogP contribution is -2.52. The molecular weight excluding hydrogens is 312 g/mol. The number of amides is 2. The summed E-state index contributed by atoms with van der Waals surface area (Å²) in [5, 5.41) is 5.25. The number of benzene rings is 1. The highest BCUT2D eigenvalue weighted by Crippen LogP contribution is 2.30. The topological polar surface area (TPSA) is 93.7 Å². The maximum absolute atomic E-state index is 12.5. The average molecular weight is 334 g/mol. The van der Waals surface area contributed by atoms with Crippen molar-refractivity contribution in [3.63, 3.8) is 0 Å². The van der Waals surface area contributed by atoms with E-state index in [0.717, 1.165) is 5.56 Å². The van der Waals surface area contributed by atoms with Gasteiger partial charge in [0.2, 0.25) is 11.8 Å². The molecule has 0 aliphatic carbocycles. The summed E-state index contributed by atoms with van der Waals surface area (Å²) in [6.45, 7) is 0.646. The highest BCUT2D eigenvalue weighted by Gasteiger charge is 2.43. The summed E-state index contributed by atoms with van der Waals surface area (Å²) in [5.41, 5.74) is 0.0216. The van der Waals surface area contributed by atoms with Gasteiger partial charge in [-0.2, -0.15) is 0 Å². The molecule has 0 saturated carbocycles. The van der Waals surface area contributed by atoms with Gasteiger partial charge in [0.25, 0.3) is 0 Å². The highest BCUT2D eigenvalue weighted by molar-refractivity contribution is 5.91. The van der Waals surface area contributed by atoms with Crippen LogP contribution < -0.4 is 10.6 Å². The van der Waals surface area contributed by atoms with Crippen LogP contribution in [0.5, 0.6) is 0 Å². The number of methoxy groups -OCH3 is 1. The minimum atomic E-state index is -0.967. The van der Waals surface area contributed by atoms with Gasteiger partial charge in [0, 0.05) is 13.0 Å². The first-order chi connectivity index (χ1) is 11.6. The number of carbonyl (C=O) groups is 3. The molecule has 1 heterocycles. The Labute approximate surface area is 140 Å². The molecule has 7 nitrogen and oxygen atoms in total. The molecule has 0 spiro atoms. The Morgan fingerprint density at radius 1 is 1.29 bits per heavy atom. The van der Waals surface area contributed by atoms with Gasteiger partial charge in [-0.05, 0) is 12.0 Å². The van der Waals surface area contributed by atoms with Gasteiger partial charge in [0.15, 0.2) is 0 Å². The van der Waals surface area contributed by atoms with Crippen molar-refractivity contribution >= 4 is 17.8 Å². The standard InChI is InChI=1S/C17H22N2O5/c1-23-15(21)10-19-16(22)17(7-8-18-14(20)9-17)12-24-11-13-5-3-2-4-6-13/h2-6H,7-12H2,1H3,(H,18,20)(H,19,22). The quantitative estimate of drug-likeness (QED) is 0.704. The molecule has 1 fully saturated rings. The van der Waals surface area contributed by atoms with Crippen molar-refractivity contribution in [2.75, 3.05) is 26.8 Å². The molecule has 1 aromatic carbocycles. The van der Waals surface area contributed by atoms with Crippen molar-refractivity contribution in [2.24, 2.45) is 5.41 Å². The minimum Gasteiger partial charge on any atom is -0.468 e. The van der Waals surface area contributed by atoms with Crippen LogP contribution >= 0.6 is 0 Å². The van der Waals surface area contributed by atoms with Gasteiger partial charge in [-0.15, -0.1) is 0 Å². The number of nitrogens with one attached hydrogen (secondary N) is 2. The molecular formula is C17H22N2O5. The van der Waals surface area contributed by atoms with E-state index in [4.69, 9.17) is 4.74 Å². The van der Waals surface area contributed by atoms with Gasteiger partial charge in [-0.3, -0.25) is 14.4 Å². The van der Waals surface area contributed by atoms with Crippen LogP contribution in [-0.4, -0.2) is 44.6 Å². The number of hydrogen-bond acceptors (Lipinski definition) is 5. The van der Waals surface area contributed by atoms with Crippen molar-refractivity contribution in [1.82, 2.24) is 10.6 Å². The third kappa shape index (κ3) is 4.79. The monoisotopic (exact) mass is 334 g/mol. The fourth-order valence-corrected chi connectivity index (χ4v) is 2.63. The summed E-state index contributed by atoms with van der Waals surface area (Å²) >= 11 is 0. The zero-order valence-corrected chi connectivity index (χ0v) is 13.7. The molecule has 1 aliphatic rings. The molecule has 1 unspecified atom stereocenters. The van der Waals surface area contributed by atoms with E-state index < -0.39 is 11.4 Å². The Balaban J connectivity index is 1.99. The van der Waals surface area contributed by atoms with Crippen LogP contribution in [0.2, 0.25) is 0 Å². The molecule has 0 aromatic heterocycles. The molecule has 2 amide bonds. The molecule has 1 saturated heterocycles. The van der Waals surface area contributed by atoms with E-state index >= 15 is 0 Å². The molecule has 2 rings (SSSR count). The molecule has 1 aliphatic heterocycles. The zero-order valence-electron chi connectivity index (χ0n) is 13.7. The second kappa shape index (κ2) is 8.44. The lowest BCUT2D eigenvalue weighted by Gasteiger charge is -2.35. The zero-order chi connectivity index (χ0) is 17.4. The summed E-state index contributed by atoms with van der Waals surface area (Å²) in [4.78, 5) is 35.5. The summed E-state index contributed by atoms with van der Waals surface area (Å²) in [6, 6.07) is 9.59. The first kappa shape index (κ1) is 17.9. The maximum atomic E-state index is 12.5. The Hall–Kier alpha value is -2.41. The van der Waals surface area contributed by atoms with E-state index in [1.165, 1.54) is 7.11 Å². The average Bonchev–Trinajstić information content (AvgIpc) is 2.60. The summed E-state index contributed by atoms with van der Waals surface area (Å²) < 4.78 is 10.2. The lowest BCUT2D eigenvalue weighted by atomic mass is 9.78. The van der Waals surface area contributed by atoms with Gasteiger partial charge >= 0.3 is 5.97 Å². The van der Waals surface area contributed by atoms with Gasteiger partial charge in [0.1, 0.15) is 6.54 Å². The first-order valence-electron chi connectivity index (χ1n) is 7.79. The highest BCUT2D eigenvalue weighted by atomic mass is 16.5. The Bertz CT molecular complexity index is 590. The number of hydrogen-bond donors (Lipinski definition) is 2. The summed E-state index contributed by atoms with van der Waals surface area (Å²) in [5.74, 6) is -1.10. The minimum absolute atomic E-state index is 0.0365. The van der Waals surface area contributed by atoms with E-state index in [1.807, 2.05) is 30.3 Å². The van der Waals surface area contributed by atoms with Gasteiger partial charge in [-0.1, -0.05) is 30.3 Å². The molecule has 2 N–H and O–H groups in total. The molecule has 130 valence electrons. The van der Waals surface area contributed by atoms with Crippen LogP contribution in [-0.2, 0) is 30.5 Å². The molecule has 0 radical (unpaired) electrons. The van der Waals surface area contributed by atoms with Gasteiger partial charge in [0.05, 0.1) is 25.7 Å². The third-order valence-electron chi connectivity index (χ3n) is 4.02. The van der Waals surface area contributed by atoms with E-state index in [9.17, 15) is 14.4 Å². The number of esters is 1. The van der Waals surface area contributed by atoms with Crippen molar-refractivity contribution in [1.29, 1.82) is 0 Å². The summed E-state index contributed by atoms with van der Waals surface area (Å²) in [6.07, 6.45) is 0.495. The summed E-state index contributed by atoms with van der Waals surface area (Å²) in [7, 11) is 1.25. The molecule has 0 bridgehead atoms. The van der Waals surface area contributed by atoms with Crippen LogP contribution in [0.25, 0.3) is 0 Å². The second-order valence-corrected chi connectivity index (χ2v) is 5.79. The number of piperidine rings is 1. The third-order valence-corrected chi connectivity index (χ3v) is 4.02. The van der Waals surface area contributed by atoms with E-state index in [0.29, 0.717) is 19.6 Å². The van der Waals surface area contributed by atoms with Crippen LogP contribution in [0.3, 0.4) is 0 Å². The van der Waals surface area contributed by atoms with E-state index in [1.54, 1.807) is 0 Å². The van der Waals surface area contributed by atoms with Gasteiger partial charge < -0.3 is 20.1 Å². The number of ether oxygens (including phenoxy) is 2. The van der Waals surface area contributed by atoms with E-state index in [-0.39, 0.29) is 31.4 Å². The predicted molar refractivity (Wildman–Crippen MR) is 85.8 cm³/mol. The largest absolute Gasteiger partial charge is 0.468 e. The fraction of sp³-hybridized carbons (Fsp3) is 0.471. The van der Waals surface area contributed by atoms with Crippen molar-refractivity contribution in [3.8, 4) is 0 Å². The first-order valence-corrected chi connectivity index (χ1v) is 7.79. The number of rotatable bonds is 7. The molecule has 24 heavy (non-hydrogen) atoms. The predicted octanol–water partition coefficient (Wildman–Crippen LogP) is 0.389. The van der Waals surface area contributed by atoms with Crippen LogP contribution in [0.15, 0.2) is 30.3 Å². The van der Waals surface area contributed by atoms with Crippen LogP contribution in [0.1, 0.15) is 18.4 Å². The van der Waals surface area contributed by atoms with Crippen molar-refractivity contribution in [2.45, 2.75) is 19.4 Å². The second-order valence-electron chi connectivity index (χ2n) is 5.79. The Kier molecular flexibility index (Phi) is 6.31.